The normalized spacial score (nSPS) is 12.1. The average molecular weight is 341 g/mol. The number of hydrogen-bond acceptors (Lipinski definition) is 2. The Morgan fingerprint density at radius 2 is 1.81 bits per heavy atom. The summed E-state index contributed by atoms with van der Waals surface area (Å²) in [4.78, 5) is 12.4. The van der Waals surface area contributed by atoms with Gasteiger partial charge in [-0.1, -0.05) is 47.0 Å². The first-order chi connectivity index (χ1) is 9.95. The highest BCUT2D eigenvalue weighted by Crippen LogP contribution is 2.29. The third kappa shape index (κ3) is 4.67. The summed E-state index contributed by atoms with van der Waals surface area (Å²) in [6.45, 7) is 2.00. The van der Waals surface area contributed by atoms with Crippen LogP contribution in [0.2, 0.25) is 10.0 Å². The van der Waals surface area contributed by atoms with E-state index in [1.54, 1.807) is 18.2 Å². The number of benzene rings is 2. The van der Waals surface area contributed by atoms with Crippen LogP contribution < -0.4 is 0 Å². The van der Waals surface area contributed by atoms with Gasteiger partial charge in [0.05, 0.1) is 10.0 Å². The predicted octanol–water partition coefficient (Wildman–Crippen LogP) is 5.09. The van der Waals surface area contributed by atoms with Gasteiger partial charge in [-0.15, -0.1) is 11.8 Å². The number of carboxylic acids is 1. The van der Waals surface area contributed by atoms with Gasteiger partial charge in [0, 0.05) is 4.90 Å². The lowest BCUT2D eigenvalue weighted by atomic mass is 10.1. The summed E-state index contributed by atoms with van der Waals surface area (Å²) >= 11 is 13.2. The Labute approximate surface area is 138 Å². The van der Waals surface area contributed by atoms with Gasteiger partial charge in [-0.2, -0.15) is 0 Å². The number of halogens is 2. The first-order valence-electron chi connectivity index (χ1n) is 6.36. The highest BCUT2D eigenvalue weighted by atomic mass is 35.5. The zero-order chi connectivity index (χ0) is 15.4. The molecule has 5 heteroatoms. The van der Waals surface area contributed by atoms with Crippen molar-refractivity contribution in [3.8, 4) is 0 Å². The quantitative estimate of drug-likeness (QED) is 0.770. The number of rotatable bonds is 5. The fourth-order valence-corrected chi connectivity index (χ4v) is 3.16. The van der Waals surface area contributed by atoms with Crippen LogP contribution in [0, 0.1) is 6.92 Å². The summed E-state index contributed by atoms with van der Waals surface area (Å²) in [6, 6.07) is 13.0. The molecule has 21 heavy (non-hydrogen) atoms. The maximum atomic E-state index is 11.4. The van der Waals surface area contributed by atoms with Crippen molar-refractivity contribution in [2.24, 2.45) is 0 Å². The van der Waals surface area contributed by atoms with E-state index in [0.29, 0.717) is 16.5 Å². The molecule has 0 spiro atoms. The van der Waals surface area contributed by atoms with E-state index in [1.165, 1.54) is 11.8 Å². The van der Waals surface area contributed by atoms with Crippen LogP contribution in [0.25, 0.3) is 0 Å². The van der Waals surface area contributed by atoms with Crippen molar-refractivity contribution in [1.29, 1.82) is 0 Å². The van der Waals surface area contributed by atoms with Gasteiger partial charge < -0.3 is 5.11 Å². The van der Waals surface area contributed by atoms with Crippen LogP contribution in [-0.2, 0) is 11.2 Å². The molecule has 0 aliphatic carbocycles. The number of thioether (sulfide) groups is 1. The van der Waals surface area contributed by atoms with Crippen molar-refractivity contribution >= 4 is 40.9 Å². The molecule has 0 aliphatic heterocycles. The van der Waals surface area contributed by atoms with E-state index in [9.17, 15) is 9.90 Å². The van der Waals surface area contributed by atoms with Gasteiger partial charge in [0.1, 0.15) is 5.25 Å². The van der Waals surface area contributed by atoms with Crippen molar-refractivity contribution in [2.75, 3.05) is 0 Å². The largest absolute Gasteiger partial charge is 0.480 e. The van der Waals surface area contributed by atoms with Gasteiger partial charge in [-0.25, -0.2) is 0 Å². The molecular formula is C16H14Cl2O2S. The van der Waals surface area contributed by atoms with Crippen molar-refractivity contribution in [3.63, 3.8) is 0 Å². The van der Waals surface area contributed by atoms with E-state index < -0.39 is 11.2 Å². The Balaban J connectivity index is 2.13. The maximum absolute atomic E-state index is 11.4. The van der Waals surface area contributed by atoms with Crippen molar-refractivity contribution < 1.29 is 9.90 Å². The molecule has 0 fully saturated rings. The minimum atomic E-state index is -0.841. The fraction of sp³-hybridized carbons (Fsp3) is 0.188. The summed E-state index contributed by atoms with van der Waals surface area (Å²) in [5.41, 5.74) is 2.01. The number of aryl methyl sites for hydroxylation is 1. The molecule has 0 aliphatic rings. The summed E-state index contributed by atoms with van der Waals surface area (Å²) in [7, 11) is 0. The number of hydrogen-bond donors (Lipinski definition) is 1. The summed E-state index contributed by atoms with van der Waals surface area (Å²) < 4.78 is 0. The van der Waals surface area contributed by atoms with Crippen LogP contribution >= 0.6 is 35.0 Å². The molecule has 0 aromatic heterocycles. The van der Waals surface area contributed by atoms with Gasteiger partial charge in [0.15, 0.2) is 0 Å². The van der Waals surface area contributed by atoms with Crippen molar-refractivity contribution in [2.45, 2.75) is 23.5 Å². The van der Waals surface area contributed by atoms with Crippen LogP contribution in [0.4, 0.5) is 0 Å². The highest BCUT2D eigenvalue weighted by Gasteiger charge is 2.20. The molecule has 0 bridgehead atoms. The van der Waals surface area contributed by atoms with E-state index in [1.807, 2.05) is 31.2 Å². The molecule has 2 rings (SSSR count). The second-order valence-electron chi connectivity index (χ2n) is 4.71. The smallest absolute Gasteiger partial charge is 0.317 e. The van der Waals surface area contributed by atoms with E-state index >= 15 is 0 Å². The lowest BCUT2D eigenvalue weighted by Gasteiger charge is -2.13. The maximum Gasteiger partial charge on any atom is 0.317 e. The summed E-state index contributed by atoms with van der Waals surface area (Å²) in [6.07, 6.45) is 0.394. The first kappa shape index (κ1) is 16.2. The third-order valence-electron chi connectivity index (χ3n) is 2.98. The van der Waals surface area contributed by atoms with Crippen LogP contribution in [-0.4, -0.2) is 16.3 Å². The second-order valence-corrected chi connectivity index (χ2v) is 6.80. The third-order valence-corrected chi connectivity index (χ3v) is 4.92. The second kappa shape index (κ2) is 7.21. The average Bonchev–Trinajstić information content (AvgIpc) is 2.44. The lowest BCUT2D eigenvalue weighted by Crippen LogP contribution is -2.19. The summed E-state index contributed by atoms with van der Waals surface area (Å²) in [5, 5.41) is 9.74. The highest BCUT2D eigenvalue weighted by molar-refractivity contribution is 8.00. The van der Waals surface area contributed by atoms with E-state index in [-0.39, 0.29) is 0 Å². The number of carbonyl (C=O) groups is 1. The monoisotopic (exact) mass is 340 g/mol. The van der Waals surface area contributed by atoms with Gasteiger partial charge in [0.25, 0.3) is 0 Å². The zero-order valence-electron chi connectivity index (χ0n) is 11.3. The van der Waals surface area contributed by atoms with Gasteiger partial charge >= 0.3 is 5.97 Å². The fourth-order valence-electron chi connectivity index (χ4n) is 1.84. The molecule has 2 aromatic carbocycles. The molecule has 1 N–H and O–H groups in total. The molecule has 0 amide bonds. The number of aliphatic carboxylic acids is 1. The van der Waals surface area contributed by atoms with Crippen LogP contribution in [0.15, 0.2) is 47.4 Å². The van der Waals surface area contributed by atoms with Gasteiger partial charge in [-0.05, 0) is 43.2 Å². The van der Waals surface area contributed by atoms with Crippen LogP contribution in [0.5, 0.6) is 0 Å². The van der Waals surface area contributed by atoms with E-state index in [2.05, 4.69) is 0 Å². The molecular weight excluding hydrogens is 327 g/mol. The summed E-state index contributed by atoms with van der Waals surface area (Å²) in [5.74, 6) is -0.841. The standard InChI is InChI=1S/C16H14Cl2O2S/c1-10-2-5-12(6-3-10)21-15(16(19)20)9-11-4-7-13(17)14(18)8-11/h2-8,15H,9H2,1H3,(H,19,20)/t15-/m0/s1. The molecule has 0 saturated heterocycles. The Bertz CT molecular complexity index is 641. The van der Waals surface area contributed by atoms with E-state index in [4.69, 9.17) is 23.2 Å². The minimum Gasteiger partial charge on any atom is -0.480 e. The minimum absolute atomic E-state index is 0.394. The SMILES string of the molecule is Cc1ccc(S[C@@H](Cc2ccc(Cl)c(Cl)c2)C(=O)O)cc1. The molecule has 2 aromatic rings. The molecule has 110 valence electrons. The van der Waals surface area contributed by atoms with Crippen LogP contribution in [0.3, 0.4) is 0 Å². The van der Waals surface area contributed by atoms with Gasteiger partial charge in [-0.3, -0.25) is 4.79 Å². The Morgan fingerprint density at radius 1 is 1.14 bits per heavy atom. The van der Waals surface area contributed by atoms with Crippen LogP contribution in [0.1, 0.15) is 11.1 Å². The molecule has 1 atom stereocenters. The van der Waals surface area contributed by atoms with Gasteiger partial charge in [0.2, 0.25) is 0 Å². The predicted molar refractivity (Wildman–Crippen MR) is 88.6 cm³/mol. The Hall–Kier alpha value is -1.16. The zero-order valence-corrected chi connectivity index (χ0v) is 13.7. The Morgan fingerprint density at radius 3 is 2.38 bits per heavy atom. The molecule has 0 unspecified atom stereocenters. The van der Waals surface area contributed by atoms with E-state index in [0.717, 1.165) is 16.0 Å². The molecule has 2 nitrogen and oxygen atoms in total. The van der Waals surface area contributed by atoms with Crippen molar-refractivity contribution in [1.82, 2.24) is 0 Å². The lowest BCUT2D eigenvalue weighted by molar-refractivity contribution is -0.136. The molecule has 0 heterocycles. The Kier molecular flexibility index (Phi) is 5.57. The first-order valence-corrected chi connectivity index (χ1v) is 7.99. The molecule has 0 radical (unpaired) electrons. The topological polar surface area (TPSA) is 37.3 Å². The molecule has 0 saturated carbocycles. The number of carboxylic acid groups (broad SMARTS) is 1. The van der Waals surface area contributed by atoms with Crippen molar-refractivity contribution in [3.05, 3.63) is 63.6 Å².